The van der Waals surface area contributed by atoms with Crippen molar-refractivity contribution < 1.29 is 27.9 Å². The summed E-state index contributed by atoms with van der Waals surface area (Å²) in [5.74, 6) is -4.17. The largest absolute Gasteiger partial charge is 0.481 e. The van der Waals surface area contributed by atoms with E-state index >= 15 is 0 Å². The molecule has 0 aliphatic carbocycles. The second-order valence-corrected chi connectivity index (χ2v) is 8.98. The number of amides is 3. The van der Waals surface area contributed by atoms with Crippen LogP contribution >= 0.6 is 11.6 Å². The number of carbonyl (C=O) groups excluding carboxylic acids is 2. The molecule has 1 heterocycles. The Morgan fingerprint density at radius 3 is 2.10 bits per heavy atom. The molecule has 3 amide bonds. The number of carboxylic acid groups (broad SMARTS) is 1. The van der Waals surface area contributed by atoms with E-state index in [9.17, 15) is 27.9 Å². The first-order chi connectivity index (χ1) is 13.7. The zero-order chi connectivity index (χ0) is 21.2. The van der Waals surface area contributed by atoms with Crippen molar-refractivity contribution in [1.82, 2.24) is 10.2 Å². The number of imide groups is 1. The molecule has 0 bridgehead atoms. The highest BCUT2D eigenvalue weighted by molar-refractivity contribution is 7.91. The SMILES string of the molecule is O=C(O)C(CN1C(=O)CNC1=O)CS(=O)(=O)c1ccc(-c2ccc(Cl)cc2)cc1. The van der Waals surface area contributed by atoms with Crippen LogP contribution in [-0.2, 0) is 19.4 Å². The molecule has 1 aliphatic rings. The van der Waals surface area contributed by atoms with Gasteiger partial charge in [-0.2, -0.15) is 0 Å². The first-order valence-corrected chi connectivity index (χ1v) is 10.6. The minimum Gasteiger partial charge on any atom is -0.481 e. The zero-order valence-corrected chi connectivity index (χ0v) is 16.6. The van der Waals surface area contributed by atoms with Crippen molar-refractivity contribution in [2.24, 2.45) is 5.92 Å². The molecule has 2 aromatic carbocycles. The summed E-state index contributed by atoms with van der Waals surface area (Å²) in [5, 5.41) is 12.2. The molecule has 29 heavy (non-hydrogen) atoms. The summed E-state index contributed by atoms with van der Waals surface area (Å²) in [7, 11) is -3.96. The topological polar surface area (TPSA) is 121 Å². The first-order valence-electron chi connectivity index (χ1n) is 8.57. The highest BCUT2D eigenvalue weighted by Gasteiger charge is 2.35. The summed E-state index contributed by atoms with van der Waals surface area (Å²) < 4.78 is 25.4. The summed E-state index contributed by atoms with van der Waals surface area (Å²) >= 11 is 5.86. The van der Waals surface area contributed by atoms with E-state index in [1.165, 1.54) is 12.1 Å². The number of aliphatic carboxylic acids is 1. The minimum absolute atomic E-state index is 0.0429. The summed E-state index contributed by atoms with van der Waals surface area (Å²) in [6.45, 7) is -0.744. The molecular formula is C19H17ClN2O6S. The van der Waals surface area contributed by atoms with Crippen LogP contribution in [0.3, 0.4) is 0 Å². The van der Waals surface area contributed by atoms with Crippen LogP contribution in [0.5, 0.6) is 0 Å². The Bertz CT molecular complexity index is 1040. The molecule has 1 aliphatic heterocycles. The molecule has 1 fully saturated rings. The summed E-state index contributed by atoms with van der Waals surface area (Å²) in [6, 6.07) is 12.3. The maximum atomic E-state index is 12.7. The fourth-order valence-electron chi connectivity index (χ4n) is 2.92. The van der Waals surface area contributed by atoms with Gasteiger partial charge < -0.3 is 10.4 Å². The Balaban J connectivity index is 1.78. The van der Waals surface area contributed by atoms with E-state index < -0.39 is 46.0 Å². The average molecular weight is 437 g/mol. The van der Waals surface area contributed by atoms with Crippen LogP contribution in [0.1, 0.15) is 0 Å². The lowest BCUT2D eigenvalue weighted by atomic mass is 10.1. The molecule has 0 aromatic heterocycles. The maximum absolute atomic E-state index is 12.7. The van der Waals surface area contributed by atoms with E-state index in [2.05, 4.69) is 5.32 Å². The van der Waals surface area contributed by atoms with Crippen LogP contribution in [0.15, 0.2) is 53.4 Å². The van der Waals surface area contributed by atoms with Crippen molar-refractivity contribution in [2.75, 3.05) is 18.8 Å². The number of nitrogens with zero attached hydrogens (tertiary/aromatic N) is 1. The molecule has 0 radical (unpaired) electrons. The van der Waals surface area contributed by atoms with Gasteiger partial charge in [0.2, 0.25) is 5.91 Å². The van der Waals surface area contributed by atoms with Gasteiger partial charge in [-0.25, -0.2) is 13.2 Å². The third-order valence-electron chi connectivity index (χ3n) is 4.50. The van der Waals surface area contributed by atoms with Gasteiger partial charge in [-0.05, 0) is 35.4 Å². The van der Waals surface area contributed by atoms with Crippen molar-refractivity contribution in [1.29, 1.82) is 0 Å². The maximum Gasteiger partial charge on any atom is 0.324 e. The van der Waals surface area contributed by atoms with Gasteiger partial charge in [0.1, 0.15) is 0 Å². The van der Waals surface area contributed by atoms with Crippen LogP contribution in [0, 0.1) is 5.92 Å². The van der Waals surface area contributed by atoms with Crippen molar-refractivity contribution in [2.45, 2.75) is 4.90 Å². The van der Waals surface area contributed by atoms with Gasteiger partial charge in [0.25, 0.3) is 0 Å². The fourth-order valence-corrected chi connectivity index (χ4v) is 4.57. The second kappa shape index (κ2) is 8.22. The number of rotatable bonds is 7. The van der Waals surface area contributed by atoms with E-state index in [-0.39, 0.29) is 11.4 Å². The Morgan fingerprint density at radius 1 is 1.07 bits per heavy atom. The fraction of sp³-hybridized carbons (Fsp3) is 0.211. The van der Waals surface area contributed by atoms with E-state index in [0.717, 1.165) is 16.0 Å². The summed E-state index contributed by atoms with van der Waals surface area (Å²) in [4.78, 5) is 35.5. The van der Waals surface area contributed by atoms with E-state index in [1.807, 2.05) is 0 Å². The molecule has 2 aromatic rings. The summed E-state index contributed by atoms with van der Waals surface area (Å²) in [5.41, 5.74) is 1.62. The quantitative estimate of drug-likeness (QED) is 0.640. The zero-order valence-electron chi connectivity index (χ0n) is 15.0. The van der Waals surface area contributed by atoms with E-state index in [0.29, 0.717) is 5.02 Å². The highest BCUT2D eigenvalue weighted by atomic mass is 35.5. The molecule has 3 rings (SSSR count). The van der Waals surface area contributed by atoms with Crippen molar-refractivity contribution >= 4 is 39.3 Å². The molecule has 0 spiro atoms. The molecule has 10 heteroatoms. The van der Waals surface area contributed by atoms with Gasteiger partial charge in [-0.3, -0.25) is 14.5 Å². The molecule has 152 valence electrons. The standard InChI is InChI=1S/C19H17ClN2O6S/c20-15-5-1-12(2-6-15)13-3-7-16(8-4-13)29(27,28)11-14(18(24)25)10-22-17(23)9-21-19(22)26/h1-8,14H,9-11H2,(H,21,26)(H,24,25). The molecule has 1 atom stereocenters. The lowest BCUT2D eigenvalue weighted by molar-refractivity contribution is -0.141. The van der Waals surface area contributed by atoms with Crippen LogP contribution in [-0.4, -0.2) is 55.2 Å². The Hall–Kier alpha value is -2.91. The molecular weight excluding hydrogens is 420 g/mol. The third-order valence-corrected chi connectivity index (χ3v) is 6.58. The van der Waals surface area contributed by atoms with Gasteiger partial charge in [-0.1, -0.05) is 35.9 Å². The van der Waals surface area contributed by atoms with Crippen LogP contribution < -0.4 is 5.32 Å². The highest BCUT2D eigenvalue weighted by Crippen LogP contribution is 2.24. The molecule has 0 saturated carbocycles. The number of sulfone groups is 1. The molecule has 1 saturated heterocycles. The van der Waals surface area contributed by atoms with Gasteiger partial charge in [0, 0.05) is 11.6 Å². The molecule has 8 nitrogen and oxygen atoms in total. The second-order valence-electron chi connectivity index (χ2n) is 6.51. The van der Waals surface area contributed by atoms with Crippen LogP contribution in [0.2, 0.25) is 5.02 Å². The van der Waals surface area contributed by atoms with Gasteiger partial charge in [0.05, 0.1) is 23.1 Å². The lowest BCUT2D eigenvalue weighted by Gasteiger charge is -2.18. The molecule has 1 unspecified atom stereocenters. The van der Waals surface area contributed by atoms with Crippen LogP contribution in [0.4, 0.5) is 4.79 Å². The molecule has 2 N–H and O–H groups in total. The van der Waals surface area contributed by atoms with Crippen molar-refractivity contribution in [3.8, 4) is 11.1 Å². The summed E-state index contributed by atoms with van der Waals surface area (Å²) in [6.07, 6.45) is 0. The number of carbonyl (C=O) groups is 3. The van der Waals surface area contributed by atoms with E-state index in [1.54, 1.807) is 36.4 Å². The van der Waals surface area contributed by atoms with Crippen molar-refractivity contribution in [3.63, 3.8) is 0 Å². The predicted molar refractivity (Wildman–Crippen MR) is 105 cm³/mol. The Kier molecular flexibility index (Phi) is 5.90. The Labute approximate surface area is 172 Å². The van der Waals surface area contributed by atoms with E-state index in [4.69, 9.17) is 11.6 Å². The average Bonchev–Trinajstić information content (AvgIpc) is 3.00. The monoisotopic (exact) mass is 436 g/mol. The minimum atomic E-state index is -3.96. The number of nitrogens with one attached hydrogen (secondary N) is 1. The number of halogens is 1. The van der Waals surface area contributed by atoms with Crippen LogP contribution in [0.25, 0.3) is 11.1 Å². The van der Waals surface area contributed by atoms with Crippen molar-refractivity contribution in [3.05, 3.63) is 53.6 Å². The third kappa shape index (κ3) is 4.75. The van der Waals surface area contributed by atoms with Gasteiger partial charge in [-0.15, -0.1) is 0 Å². The normalized spacial score (nSPS) is 15.3. The number of carboxylic acids is 1. The van der Waals surface area contributed by atoms with Gasteiger partial charge >= 0.3 is 12.0 Å². The lowest BCUT2D eigenvalue weighted by Crippen LogP contribution is -2.40. The first kappa shape index (κ1) is 20.8. The number of hydrogen-bond acceptors (Lipinski definition) is 5. The van der Waals surface area contributed by atoms with Gasteiger partial charge in [0.15, 0.2) is 9.84 Å². The number of hydrogen-bond donors (Lipinski definition) is 2. The smallest absolute Gasteiger partial charge is 0.324 e. The Morgan fingerprint density at radius 2 is 1.62 bits per heavy atom. The number of benzene rings is 2. The number of urea groups is 1. The predicted octanol–water partition coefficient (Wildman–Crippen LogP) is 2.03.